The summed E-state index contributed by atoms with van der Waals surface area (Å²) in [6.07, 6.45) is 3.65. The van der Waals surface area contributed by atoms with Crippen LogP contribution in [-0.2, 0) is 0 Å². The fourth-order valence-corrected chi connectivity index (χ4v) is 2.76. The van der Waals surface area contributed by atoms with Crippen molar-refractivity contribution in [2.75, 3.05) is 24.6 Å². The lowest BCUT2D eigenvalue weighted by molar-refractivity contribution is 0.323. The van der Waals surface area contributed by atoms with Crippen LogP contribution in [0.5, 0.6) is 5.75 Å². The van der Waals surface area contributed by atoms with Crippen LogP contribution in [0.15, 0.2) is 46.5 Å². The molecular formula is C17H17NO3. The van der Waals surface area contributed by atoms with Gasteiger partial charge in [-0.2, -0.15) is 0 Å². The van der Waals surface area contributed by atoms with Crippen molar-refractivity contribution in [2.24, 2.45) is 0 Å². The van der Waals surface area contributed by atoms with Gasteiger partial charge < -0.3 is 9.64 Å². The Bertz CT molecular complexity index is 741. The summed E-state index contributed by atoms with van der Waals surface area (Å²) in [5.74, 6) is 0.677. The van der Waals surface area contributed by atoms with Gasteiger partial charge in [-0.1, -0.05) is 24.3 Å². The lowest BCUT2D eigenvalue weighted by atomic mass is 9.96. The van der Waals surface area contributed by atoms with Gasteiger partial charge in [0.25, 0.3) is 0 Å². The first kappa shape index (κ1) is 13.6. The molecule has 0 N–H and O–H groups in total. The van der Waals surface area contributed by atoms with E-state index in [1.54, 1.807) is 0 Å². The largest absolute Gasteiger partial charge is 0.491 e. The molecule has 0 fully saturated rings. The molecule has 2 aromatic carbocycles. The first-order valence-corrected chi connectivity index (χ1v) is 7.15. The van der Waals surface area contributed by atoms with E-state index >= 15 is 0 Å². The Hall–Kier alpha value is -2.36. The molecule has 0 aliphatic carbocycles. The minimum atomic E-state index is -0.406. The summed E-state index contributed by atoms with van der Waals surface area (Å²) < 4.78 is 5.74. The molecule has 1 aliphatic heterocycles. The predicted octanol–water partition coefficient (Wildman–Crippen LogP) is 2.11. The third-order valence-electron chi connectivity index (χ3n) is 3.81. The average molecular weight is 283 g/mol. The Morgan fingerprint density at radius 3 is 2.86 bits per heavy atom. The van der Waals surface area contributed by atoms with Gasteiger partial charge in [0.2, 0.25) is 10.9 Å². The van der Waals surface area contributed by atoms with E-state index in [2.05, 4.69) is 6.58 Å². The van der Waals surface area contributed by atoms with Gasteiger partial charge in [-0.25, -0.2) is 0 Å². The minimum absolute atomic E-state index is 0.375. The van der Waals surface area contributed by atoms with E-state index in [9.17, 15) is 9.59 Å². The summed E-state index contributed by atoms with van der Waals surface area (Å²) in [4.78, 5) is 26.0. The highest BCUT2D eigenvalue weighted by atomic mass is 16.5. The highest BCUT2D eigenvalue weighted by Crippen LogP contribution is 2.35. The number of unbranched alkanes of at least 4 members (excludes halogenated alkanes) is 1. The van der Waals surface area contributed by atoms with Crippen LogP contribution in [0.1, 0.15) is 12.8 Å². The van der Waals surface area contributed by atoms with Crippen LogP contribution >= 0.6 is 0 Å². The summed E-state index contributed by atoms with van der Waals surface area (Å²) in [5, 5.41) is 0. The van der Waals surface area contributed by atoms with E-state index < -0.39 is 5.43 Å². The second-order valence-electron chi connectivity index (χ2n) is 5.14. The van der Waals surface area contributed by atoms with Crippen LogP contribution in [0.25, 0.3) is 11.1 Å². The molecule has 21 heavy (non-hydrogen) atoms. The zero-order valence-corrected chi connectivity index (χ0v) is 11.8. The topological polar surface area (TPSA) is 46.6 Å². The summed E-state index contributed by atoms with van der Waals surface area (Å²) >= 11 is 0. The van der Waals surface area contributed by atoms with E-state index in [-0.39, 0.29) is 5.43 Å². The Balaban J connectivity index is 2.02. The van der Waals surface area contributed by atoms with Gasteiger partial charge in [-0.3, -0.25) is 9.59 Å². The van der Waals surface area contributed by atoms with Gasteiger partial charge in [-0.15, -0.1) is 6.58 Å². The van der Waals surface area contributed by atoms with Gasteiger partial charge in [0.15, 0.2) is 0 Å². The summed E-state index contributed by atoms with van der Waals surface area (Å²) in [6.45, 7) is 5.55. The second kappa shape index (κ2) is 5.56. The molecule has 0 spiro atoms. The highest BCUT2D eigenvalue weighted by molar-refractivity contribution is 5.86. The van der Waals surface area contributed by atoms with E-state index in [4.69, 9.17) is 4.74 Å². The Morgan fingerprint density at radius 1 is 1.24 bits per heavy atom. The molecule has 4 nitrogen and oxygen atoms in total. The molecule has 0 amide bonds. The molecule has 0 atom stereocenters. The fraction of sp³-hybridized carbons (Fsp3) is 0.294. The number of ether oxygens (including phenoxy) is 1. The molecule has 0 saturated carbocycles. The average Bonchev–Trinajstić information content (AvgIpc) is 2.49. The van der Waals surface area contributed by atoms with Gasteiger partial charge in [0, 0.05) is 12.1 Å². The predicted molar refractivity (Wildman–Crippen MR) is 83.9 cm³/mol. The van der Waals surface area contributed by atoms with Crippen molar-refractivity contribution in [3.8, 4) is 16.9 Å². The number of benzene rings is 1. The molecule has 0 saturated heterocycles. The van der Waals surface area contributed by atoms with Crippen molar-refractivity contribution in [1.82, 2.24) is 0 Å². The second-order valence-corrected chi connectivity index (χ2v) is 5.14. The zero-order chi connectivity index (χ0) is 14.8. The van der Waals surface area contributed by atoms with Crippen LogP contribution in [-0.4, -0.2) is 19.7 Å². The normalized spacial score (nSPS) is 13.8. The quantitative estimate of drug-likeness (QED) is 0.490. The Kier molecular flexibility index (Phi) is 3.60. The van der Waals surface area contributed by atoms with Crippen LogP contribution in [0.4, 0.5) is 5.69 Å². The van der Waals surface area contributed by atoms with Crippen LogP contribution in [0, 0.1) is 0 Å². The lowest BCUT2D eigenvalue weighted by Gasteiger charge is -2.30. The van der Waals surface area contributed by atoms with Crippen LogP contribution < -0.4 is 20.5 Å². The number of para-hydroxylation sites is 1. The zero-order valence-electron chi connectivity index (χ0n) is 11.8. The van der Waals surface area contributed by atoms with Gasteiger partial charge in [0.05, 0.1) is 12.1 Å². The van der Waals surface area contributed by atoms with E-state index in [1.807, 2.05) is 35.2 Å². The maximum absolute atomic E-state index is 12.0. The SMILES string of the molecule is C=CCCCN1CCOc2ccccc2-c2c1c(=O)c2=O. The summed E-state index contributed by atoms with van der Waals surface area (Å²) in [5.41, 5.74) is 1.01. The van der Waals surface area contributed by atoms with Crippen molar-refractivity contribution in [2.45, 2.75) is 12.8 Å². The van der Waals surface area contributed by atoms with Gasteiger partial charge in [0.1, 0.15) is 18.0 Å². The van der Waals surface area contributed by atoms with Crippen molar-refractivity contribution >= 4 is 5.69 Å². The number of fused-ring (bicyclic) bond motifs is 3. The highest BCUT2D eigenvalue weighted by Gasteiger charge is 2.29. The Morgan fingerprint density at radius 2 is 2.05 bits per heavy atom. The third kappa shape index (κ3) is 2.27. The smallest absolute Gasteiger partial charge is 0.250 e. The van der Waals surface area contributed by atoms with Crippen molar-refractivity contribution in [3.05, 3.63) is 57.4 Å². The molecule has 4 heteroatoms. The van der Waals surface area contributed by atoms with Gasteiger partial charge >= 0.3 is 0 Å². The minimum Gasteiger partial charge on any atom is -0.491 e. The maximum atomic E-state index is 12.0. The summed E-state index contributed by atoms with van der Waals surface area (Å²) in [6, 6.07) is 7.39. The van der Waals surface area contributed by atoms with E-state index in [1.165, 1.54) is 0 Å². The Labute approximate surface area is 123 Å². The lowest BCUT2D eigenvalue weighted by Crippen LogP contribution is -2.44. The number of allylic oxidation sites excluding steroid dienone is 1. The number of hydrogen-bond acceptors (Lipinski definition) is 4. The fourth-order valence-electron chi connectivity index (χ4n) is 2.76. The molecule has 0 bridgehead atoms. The molecule has 1 heterocycles. The molecule has 1 aliphatic rings. The van der Waals surface area contributed by atoms with Crippen LogP contribution in [0.3, 0.4) is 0 Å². The third-order valence-corrected chi connectivity index (χ3v) is 3.81. The van der Waals surface area contributed by atoms with Crippen LogP contribution in [0.2, 0.25) is 0 Å². The monoisotopic (exact) mass is 283 g/mol. The van der Waals surface area contributed by atoms with Crippen molar-refractivity contribution < 1.29 is 4.74 Å². The number of anilines is 1. The number of nitrogens with zero attached hydrogens (tertiary/aromatic N) is 1. The molecule has 3 rings (SSSR count). The number of hydrogen-bond donors (Lipinski definition) is 0. The first-order chi connectivity index (χ1) is 10.2. The molecule has 108 valence electrons. The first-order valence-electron chi connectivity index (χ1n) is 7.15. The molecule has 0 unspecified atom stereocenters. The summed E-state index contributed by atoms with van der Waals surface area (Å²) in [7, 11) is 0. The van der Waals surface area contributed by atoms with Gasteiger partial charge in [-0.05, 0) is 18.9 Å². The number of rotatable bonds is 4. The molecule has 0 radical (unpaired) electrons. The molecule has 2 aromatic rings. The van der Waals surface area contributed by atoms with Crippen molar-refractivity contribution in [3.63, 3.8) is 0 Å². The standard InChI is InChI=1S/C17H17NO3/c1-2-3-6-9-18-10-11-21-13-8-5-4-7-12(13)14-15(18)17(20)16(14)19/h2,4-5,7-8H,1,3,6,9-11H2. The van der Waals surface area contributed by atoms with Crippen molar-refractivity contribution in [1.29, 1.82) is 0 Å². The maximum Gasteiger partial charge on any atom is 0.250 e. The van der Waals surface area contributed by atoms with E-state index in [0.717, 1.165) is 24.9 Å². The molecule has 0 aromatic heterocycles. The molecular weight excluding hydrogens is 266 g/mol. The van der Waals surface area contributed by atoms with E-state index in [0.29, 0.717) is 30.2 Å².